The van der Waals surface area contributed by atoms with Gasteiger partial charge in [-0.2, -0.15) is 5.10 Å². The van der Waals surface area contributed by atoms with Crippen LogP contribution in [0.4, 0.5) is 5.69 Å². The number of nitrogens with zero attached hydrogens (tertiary/aromatic N) is 1. The molecule has 3 rings (SSSR count). The van der Waals surface area contributed by atoms with Gasteiger partial charge in [0.25, 0.3) is 0 Å². The van der Waals surface area contributed by atoms with Crippen molar-refractivity contribution in [2.45, 2.75) is 20.5 Å². The summed E-state index contributed by atoms with van der Waals surface area (Å²) in [6.45, 7) is 4.79. The van der Waals surface area contributed by atoms with Crippen molar-refractivity contribution in [3.8, 4) is 11.5 Å². The van der Waals surface area contributed by atoms with Crippen LogP contribution in [0.3, 0.4) is 0 Å². The largest absolute Gasteiger partial charge is 0.490 e. The first-order chi connectivity index (χ1) is 14.1. The summed E-state index contributed by atoms with van der Waals surface area (Å²) in [5.74, 6) is 1.31. The molecule has 29 heavy (non-hydrogen) atoms. The number of anilines is 1. The van der Waals surface area contributed by atoms with Crippen molar-refractivity contribution in [1.29, 1.82) is 0 Å². The maximum Gasteiger partial charge on any atom is 0.161 e. The van der Waals surface area contributed by atoms with Crippen molar-refractivity contribution in [2.24, 2.45) is 5.10 Å². The maximum absolute atomic E-state index is 6.20. The molecule has 0 saturated carbocycles. The van der Waals surface area contributed by atoms with Gasteiger partial charge in [0.15, 0.2) is 11.5 Å². The van der Waals surface area contributed by atoms with Crippen LogP contribution >= 0.6 is 23.2 Å². The Kier molecular flexibility index (Phi) is 7.39. The van der Waals surface area contributed by atoms with E-state index in [9.17, 15) is 0 Å². The molecule has 6 heteroatoms. The number of ether oxygens (including phenoxy) is 2. The molecular formula is C23H22Cl2N2O2. The first-order valence-corrected chi connectivity index (χ1v) is 10.0. The van der Waals surface area contributed by atoms with Gasteiger partial charge in [0.1, 0.15) is 6.61 Å². The number of nitrogens with one attached hydrogen (secondary N) is 1. The molecule has 0 unspecified atom stereocenters. The molecule has 0 amide bonds. The van der Waals surface area contributed by atoms with Gasteiger partial charge in [0.05, 0.1) is 18.5 Å². The van der Waals surface area contributed by atoms with E-state index in [-0.39, 0.29) is 0 Å². The molecule has 0 aliphatic carbocycles. The smallest absolute Gasteiger partial charge is 0.161 e. The van der Waals surface area contributed by atoms with Gasteiger partial charge in [-0.15, -0.1) is 0 Å². The fourth-order valence-electron chi connectivity index (χ4n) is 2.61. The number of benzene rings is 3. The van der Waals surface area contributed by atoms with Crippen LogP contribution in [-0.2, 0) is 6.61 Å². The third kappa shape index (κ3) is 5.89. The van der Waals surface area contributed by atoms with Gasteiger partial charge in [-0.05, 0) is 61.4 Å². The average molecular weight is 429 g/mol. The topological polar surface area (TPSA) is 42.8 Å². The van der Waals surface area contributed by atoms with E-state index in [1.807, 2.05) is 74.5 Å². The zero-order chi connectivity index (χ0) is 20.6. The Morgan fingerprint density at radius 3 is 2.52 bits per heavy atom. The summed E-state index contributed by atoms with van der Waals surface area (Å²) in [5, 5.41) is 5.65. The molecule has 0 spiro atoms. The standard InChI is InChI=1S/C23H22Cl2N2O2/c1-3-28-23-12-17(14-26-27-19-10-8-16(2)21(25)13-19)9-11-22(23)29-15-18-6-4-5-7-20(18)24/h4-14,27H,3,15H2,1-2H3/b26-14+. The Balaban J connectivity index is 1.69. The number of hydrogen-bond acceptors (Lipinski definition) is 4. The SMILES string of the molecule is CCOc1cc(/C=N/Nc2ccc(C)c(Cl)c2)ccc1OCc1ccccc1Cl. The molecule has 150 valence electrons. The molecule has 0 aliphatic rings. The maximum atomic E-state index is 6.20. The molecule has 1 N–H and O–H groups in total. The zero-order valence-corrected chi connectivity index (χ0v) is 17.8. The minimum Gasteiger partial charge on any atom is -0.490 e. The van der Waals surface area contributed by atoms with Crippen LogP contribution < -0.4 is 14.9 Å². The number of halogens is 2. The second kappa shape index (κ2) is 10.2. The van der Waals surface area contributed by atoms with E-state index in [1.54, 1.807) is 6.21 Å². The van der Waals surface area contributed by atoms with Crippen molar-refractivity contribution in [2.75, 3.05) is 12.0 Å². The van der Waals surface area contributed by atoms with Crippen molar-refractivity contribution in [3.05, 3.63) is 87.4 Å². The summed E-state index contributed by atoms with van der Waals surface area (Å²) in [6, 6.07) is 19.0. The summed E-state index contributed by atoms with van der Waals surface area (Å²) in [5.41, 5.74) is 6.62. The predicted octanol–water partition coefficient (Wildman–Crippen LogP) is 6.73. The average Bonchev–Trinajstić information content (AvgIpc) is 2.71. The molecule has 0 bridgehead atoms. The van der Waals surface area contributed by atoms with Gasteiger partial charge in [0.2, 0.25) is 0 Å². The van der Waals surface area contributed by atoms with Crippen LogP contribution in [0.5, 0.6) is 11.5 Å². The zero-order valence-electron chi connectivity index (χ0n) is 16.3. The van der Waals surface area contributed by atoms with E-state index in [0.717, 1.165) is 22.4 Å². The number of aryl methyl sites for hydroxylation is 1. The van der Waals surface area contributed by atoms with Crippen LogP contribution in [0.25, 0.3) is 0 Å². The minimum atomic E-state index is 0.364. The number of hydrazone groups is 1. The highest BCUT2D eigenvalue weighted by molar-refractivity contribution is 6.31. The fraction of sp³-hybridized carbons (Fsp3) is 0.174. The van der Waals surface area contributed by atoms with Gasteiger partial charge in [-0.25, -0.2) is 0 Å². The van der Waals surface area contributed by atoms with Gasteiger partial charge >= 0.3 is 0 Å². The number of hydrogen-bond donors (Lipinski definition) is 1. The van der Waals surface area contributed by atoms with Crippen molar-refractivity contribution in [1.82, 2.24) is 0 Å². The summed E-state index contributed by atoms with van der Waals surface area (Å²) < 4.78 is 11.7. The van der Waals surface area contributed by atoms with Crippen LogP contribution in [0.15, 0.2) is 65.8 Å². The predicted molar refractivity (Wildman–Crippen MR) is 121 cm³/mol. The molecule has 0 saturated heterocycles. The summed E-state index contributed by atoms with van der Waals surface area (Å²) in [6.07, 6.45) is 1.72. The highest BCUT2D eigenvalue weighted by Crippen LogP contribution is 2.29. The molecule has 0 radical (unpaired) electrons. The first-order valence-electron chi connectivity index (χ1n) is 9.25. The normalized spacial score (nSPS) is 10.9. The van der Waals surface area contributed by atoms with Gasteiger partial charge < -0.3 is 9.47 Å². The second-order valence-corrected chi connectivity index (χ2v) is 7.17. The summed E-state index contributed by atoms with van der Waals surface area (Å²) in [4.78, 5) is 0. The Labute approximate surface area is 181 Å². The van der Waals surface area contributed by atoms with Crippen molar-refractivity contribution < 1.29 is 9.47 Å². The van der Waals surface area contributed by atoms with Crippen LogP contribution in [0.2, 0.25) is 10.0 Å². The summed E-state index contributed by atoms with van der Waals surface area (Å²) >= 11 is 12.3. The van der Waals surface area contributed by atoms with E-state index >= 15 is 0 Å². The van der Waals surface area contributed by atoms with E-state index in [2.05, 4.69) is 10.5 Å². The lowest BCUT2D eigenvalue weighted by atomic mass is 10.2. The van der Waals surface area contributed by atoms with E-state index in [1.165, 1.54) is 0 Å². The van der Waals surface area contributed by atoms with Crippen LogP contribution in [0, 0.1) is 6.92 Å². The Morgan fingerprint density at radius 1 is 0.931 bits per heavy atom. The van der Waals surface area contributed by atoms with E-state index < -0.39 is 0 Å². The molecule has 0 atom stereocenters. The van der Waals surface area contributed by atoms with Crippen molar-refractivity contribution >= 4 is 35.1 Å². The van der Waals surface area contributed by atoms with E-state index in [0.29, 0.717) is 34.8 Å². The molecule has 0 fully saturated rings. The van der Waals surface area contributed by atoms with Gasteiger partial charge in [-0.3, -0.25) is 5.43 Å². The molecule has 3 aromatic rings. The second-order valence-electron chi connectivity index (χ2n) is 6.35. The van der Waals surface area contributed by atoms with Crippen LogP contribution in [0.1, 0.15) is 23.6 Å². The lowest BCUT2D eigenvalue weighted by molar-refractivity contribution is 0.269. The van der Waals surface area contributed by atoms with Gasteiger partial charge in [-0.1, -0.05) is 47.5 Å². The van der Waals surface area contributed by atoms with Crippen molar-refractivity contribution in [3.63, 3.8) is 0 Å². The Morgan fingerprint density at radius 2 is 1.76 bits per heavy atom. The lowest BCUT2D eigenvalue weighted by Crippen LogP contribution is -2.01. The molecule has 0 heterocycles. The monoisotopic (exact) mass is 428 g/mol. The van der Waals surface area contributed by atoms with E-state index in [4.69, 9.17) is 32.7 Å². The first kappa shape index (κ1) is 21.0. The Hall–Kier alpha value is -2.69. The lowest BCUT2D eigenvalue weighted by Gasteiger charge is -2.13. The van der Waals surface area contributed by atoms with Gasteiger partial charge in [0, 0.05) is 15.6 Å². The molecule has 0 aliphatic heterocycles. The number of rotatable bonds is 8. The summed E-state index contributed by atoms with van der Waals surface area (Å²) in [7, 11) is 0. The van der Waals surface area contributed by atoms with Crippen LogP contribution in [-0.4, -0.2) is 12.8 Å². The minimum absolute atomic E-state index is 0.364. The third-order valence-corrected chi connectivity index (χ3v) is 4.96. The highest BCUT2D eigenvalue weighted by Gasteiger charge is 2.08. The molecular weight excluding hydrogens is 407 g/mol. The fourth-order valence-corrected chi connectivity index (χ4v) is 2.98. The Bertz CT molecular complexity index is 1010. The molecule has 0 aromatic heterocycles. The molecule has 3 aromatic carbocycles. The highest BCUT2D eigenvalue weighted by atomic mass is 35.5. The quantitative estimate of drug-likeness (QED) is 0.319. The molecule has 4 nitrogen and oxygen atoms in total. The third-order valence-electron chi connectivity index (χ3n) is 4.19.